The van der Waals surface area contributed by atoms with Crippen LogP contribution in [0.4, 0.5) is 0 Å². The summed E-state index contributed by atoms with van der Waals surface area (Å²) >= 11 is 0. The van der Waals surface area contributed by atoms with Gasteiger partial charge in [-0.05, 0) is 38.5 Å². The van der Waals surface area contributed by atoms with Crippen molar-refractivity contribution in [3.63, 3.8) is 0 Å². The summed E-state index contributed by atoms with van der Waals surface area (Å²) in [6.45, 7) is 2.28. The van der Waals surface area contributed by atoms with Gasteiger partial charge in [-0.15, -0.1) is 0 Å². The van der Waals surface area contributed by atoms with E-state index in [1.165, 1.54) is 0 Å². The second-order valence-electron chi connectivity index (χ2n) is 4.56. The van der Waals surface area contributed by atoms with Crippen LogP contribution < -0.4 is 0 Å². The smallest absolute Gasteiger partial charge is 0.312 e. The number of rotatable bonds is 2. The van der Waals surface area contributed by atoms with E-state index in [1.54, 1.807) is 0 Å². The quantitative estimate of drug-likeness (QED) is 0.684. The number of aliphatic hydroxyl groups is 1. The number of esters is 1. The molecule has 1 N–H and O–H groups in total. The van der Waals surface area contributed by atoms with Crippen LogP contribution in [0.2, 0.25) is 0 Å². The molecule has 3 heteroatoms. The number of hydrogen-bond donors (Lipinski definition) is 1. The molecule has 0 aromatic heterocycles. The molecule has 0 bridgehead atoms. The summed E-state index contributed by atoms with van der Waals surface area (Å²) in [4.78, 5) is 11.9. The van der Waals surface area contributed by atoms with Gasteiger partial charge in [-0.3, -0.25) is 4.79 Å². The predicted octanol–water partition coefficient (Wildman–Crippen LogP) is 1.49. The summed E-state index contributed by atoms with van der Waals surface area (Å²) in [5.74, 6) is 0.301. The van der Waals surface area contributed by atoms with Gasteiger partial charge < -0.3 is 9.84 Å². The average molecular weight is 198 g/mol. The second kappa shape index (κ2) is 3.54. The van der Waals surface area contributed by atoms with Crippen molar-refractivity contribution in [3.8, 4) is 0 Å². The van der Waals surface area contributed by atoms with Gasteiger partial charge in [0.1, 0.15) is 0 Å². The standard InChI is InChI=1S/C11H18O3/c1-2-14-10(13)11-5-3-4-8(11)6-9(12)7-11/h8-9,12H,2-7H2,1H3/t8-,9+,11-/m1/s1. The molecule has 0 aromatic carbocycles. The molecule has 2 rings (SSSR count). The average Bonchev–Trinajstić information content (AvgIpc) is 2.61. The molecule has 0 unspecified atom stereocenters. The zero-order chi connectivity index (χ0) is 10.2. The first kappa shape index (κ1) is 9.97. The topological polar surface area (TPSA) is 46.5 Å². The van der Waals surface area contributed by atoms with Gasteiger partial charge in [-0.25, -0.2) is 0 Å². The predicted molar refractivity (Wildman–Crippen MR) is 51.6 cm³/mol. The van der Waals surface area contributed by atoms with Gasteiger partial charge in [0, 0.05) is 0 Å². The maximum absolute atomic E-state index is 11.9. The van der Waals surface area contributed by atoms with Crippen LogP contribution in [-0.4, -0.2) is 23.8 Å². The van der Waals surface area contributed by atoms with Gasteiger partial charge in [0.2, 0.25) is 0 Å². The summed E-state index contributed by atoms with van der Waals surface area (Å²) in [6, 6.07) is 0. The highest BCUT2D eigenvalue weighted by molar-refractivity contribution is 5.78. The minimum atomic E-state index is -0.324. The van der Waals surface area contributed by atoms with Crippen molar-refractivity contribution in [2.75, 3.05) is 6.61 Å². The van der Waals surface area contributed by atoms with Gasteiger partial charge in [-0.1, -0.05) is 6.42 Å². The van der Waals surface area contributed by atoms with E-state index in [9.17, 15) is 9.90 Å². The minimum absolute atomic E-state index is 0.0703. The zero-order valence-corrected chi connectivity index (χ0v) is 8.66. The molecule has 0 radical (unpaired) electrons. The van der Waals surface area contributed by atoms with Crippen molar-refractivity contribution in [3.05, 3.63) is 0 Å². The Bertz CT molecular complexity index is 239. The number of carbonyl (C=O) groups excluding carboxylic acids is 1. The molecule has 2 saturated carbocycles. The summed E-state index contributed by atoms with van der Waals surface area (Å²) < 4.78 is 5.13. The van der Waals surface area contributed by atoms with E-state index in [1.807, 2.05) is 6.92 Å². The van der Waals surface area contributed by atoms with Crippen LogP contribution in [0, 0.1) is 11.3 Å². The Labute approximate surface area is 84.4 Å². The highest BCUT2D eigenvalue weighted by Crippen LogP contribution is 2.54. The highest BCUT2D eigenvalue weighted by Gasteiger charge is 2.55. The van der Waals surface area contributed by atoms with E-state index in [0.717, 1.165) is 25.7 Å². The first-order valence-corrected chi connectivity index (χ1v) is 5.54. The van der Waals surface area contributed by atoms with E-state index < -0.39 is 0 Å². The van der Waals surface area contributed by atoms with E-state index in [-0.39, 0.29) is 17.5 Å². The number of ether oxygens (including phenoxy) is 1. The van der Waals surface area contributed by atoms with Crippen LogP contribution in [0.1, 0.15) is 39.0 Å². The molecule has 3 atom stereocenters. The van der Waals surface area contributed by atoms with Gasteiger partial charge >= 0.3 is 5.97 Å². The Balaban J connectivity index is 2.15. The van der Waals surface area contributed by atoms with Gasteiger partial charge in [0.15, 0.2) is 0 Å². The van der Waals surface area contributed by atoms with Gasteiger partial charge in [-0.2, -0.15) is 0 Å². The third-order valence-corrected chi connectivity index (χ3v) is 3.80. The number of carbonyl (C=O) groups is 1. The van der Waals surface area contributed by atoms with E-state index >= 15 is 0 Å². The number of aliphatic hydroxyl groups excluding tert-OH is 1. The lowest BCUT2D eigenvalue weighted by molar-refractivity contribution is -0.157. The number of hydrogen-bond acceptors (Lipinski definition) is 3. The molecule has 0 spiro atoms. The Hall–Kier alpha value is -0.570. The molecule has 80 valence electrons. The normalized spacial score (nSPS) is 41.0. The molecule has 0 aromatic rings. The summed E-state index contributed by atoms with van der Waals surface area (Å²) in [5.41, 5.74) is -0.324. The van der Waals surface area contributed by atoms with Gasteiger partial charge in [0.05, 0.1) is 18.1 Å². The largest absolute Gasteiger partial charge is 0.466 e. The van der Waals surface area contributed by atoms with Crippen LogP contribution in [0.25, 0.3) is 0 Å². The molecule has 0 aliphatic heterocycles. The van der Waals surface area contributed by atoms with E-state index in [4.69, 9.17) is 4.74 Å². The lowest BCUT2D eigenvalue weighted by atomic mass is 9.80. The number of fused-ring (bicyclic) bond motifs is 1. The van der Waals surface area contributed by atoms with Crippen LogP contribution in [0.3, 0.4) is 0 Å². The first-order chi connectivity index (χ1) is 6.69. The van der Waals surface area contributed by atoms with Crippen molar-refractivity contribution in [2.45, 2.75) is 45.1 Å². The molecule has 2 aliphatic rings. The second-order valence-corrected chi connectivity index (χ2v) is 4.56. The van der Waals surface area contributed by atoms with E-state index in [0.29, 0.717) is 18.9 Å². The lowest BCUT2D eigenvalue weighted by Gasteiger charge is -2.26. The SMILES string of the molecule is CCOC(=O)[C@@]12CCC[C@@H]1C[C@H](O)C2. The fourth-order valence-electron chi connectivity index (χ4n) is 3.22. The molecule has 2 aliphatic carbocycles. The fourth-order valence-corrected chi connectivity index (χ4v) is 3.22. The maximum atomic E-state index is 11.9. The lowest BCUT2D eigenvalue weighted by Crippen LogP contribution is -2.33. The van der Waals surface area contributed by atoms with Crippen molar-refractivity contribution in [1.82, 2.24) is 0 Å². The van der Waals surface area contributed by atoms with Crippen LogP contribution >= 0.6 is 0 Å². The molecule has 0 heterocycles. The zero-order valence-electron chi connectivity index (χ0n) is 8.66. The Morgan fingerprint density at radius 2 is 2.43 bits per heavy atom. The molecular formula is C11H18O3. The van der Waals surface area contributed by atoms with Crippen molar-refractivity contribution in [1.29, 1.82) is 0 Å². The highest BCUT2D eigenvalue weighted by atomic mass is 16.5. The van der Waals surface area contributed by atoms with Crippen LogP contribution in [-0.2, 0) is 9.53 Å². The minimum Gasteiger partial charge on any atom is -0.466 e. The van der Waals surface area contributed by atoms with E-state index in [2.05, 4.69) is 0 Å². The van der Waals surface area contributed by atoms with Gasteiger partial charge in [0.25, 0.3) is 0 Å². The maximum Gasteiger partial charge on any atom is 0.312 e. The van der Waals surface area contributed by atoms with Crippen molar-refractivity contribution in [2.24, 2.45) is 11.3 Å². The molecule has 0 saturated heterocycles. The molecule has 0 amide bonds. The molecule has 3 nitrogen and oxygen atoms in total. The van der Waals surface area contributed by atoms with Crippen LogP contribution in [0.5, 0.6) is 0 Å². The van der Waals surface area contributed by atoms with Crippen molar-refractivity contribution < 1.29 is 14.6 Å². The van der Waals surface area contributed by atoms with Crippen molar-refractivity contribution >= 4 is 5.97 Å². The Morgan fingerprint density at radius 1 is 1.64 bits per heavy atom. The molecule has 2 fully saturated rings. The summed E-state index contributed by atoms with van der Waals surface area (Å²) in [5, 5.41) is 9.61. The van der Waals surface area contributed by atoms with Crippen LogP contribution in [0.15, 0.2) is 0 Å². The Morgan fingerprint density at radius 3 is 3.14 bits per heavy atom. The summed E-state index contributed by atoms with van der Waals surface area (Å²) in [7, 11) is 0. The first-order valence-electron chi connectivity index (χ1n) is 5.54. The summed E-state index contributed by atoms with van der Waals surface area (Å²) in [6.07, 6.45) is 4.22. The fraction of sp³-hybridized carbons (Fsp3) is 0.909. The molecule has 14 heavy (non-hydrogen) atoms. The molecular weight excluding hydrogens is 180 g/mol. The third kappa shape index (κ3) is 1.34. The Kier molecular flexibility index (Phi) is 2.52. The third-order valence-electron chi connectivity index (χ3n) is 3.80. The monoisotopic (exact) mass is 198 g/mol.